The maximum absolute atomic E-state index is 13.0. The number of halogens is 6. The molecule has 1 aliphatic rings. The Labute approximate surface area is 121 Å². The highest BCUT2D eigenvalue weighted by molar-refractivity contribution is 7.11. The Morgan fingerprint density at radius 1 is 1.14 bits per heavy atom. The van der Waals surface area contributed by atoms with E-state index >= 15 is 0 Å². The first-order valence-corrected chi connectivity index (χ1v) is 7.27. The van der Waals surface area contributed by atoms with E-state index in [1.807, 2.05) is 0 Å². The molecule has 0 spiro atoms. The molecule has 1 aromatic rings. The number of hydrogen-bond acceptors (Lipinski definition) is 3. The van der Waals surface area contributed by atoms with Gasteiger partial charge in [0.25, 0.3) is 0 Å². The van der Waals surface area contributed by atoms with Crippen LogP contribution >= 0.6 is 11.3 Å². The van der Waals surface area contributed by atoms with Crippen molar-refractivity contribution in [1.29, 1.82) is 0 Å². The average molecular weight is 332 g/mol. The van der Waals surface area contributed by atoms with Crippen LogP contribution in [0.4, 0.5) is 26.3 Å². The van der Waals surface area contributed by atoms with E-state index in [0.717, 1.165) is 6.20 Å². The first kappa shape index (κ1) is 16.5. The van der Waals surface area contributed by atoms with Gasteiger partial charge in [0.2, 0.25) is 0 Å². The van der Waals surface area contributed by atoms with Gasteiger partial charge in [-0.3, -0.25) is 0 Å². The molecule has 0 saturated heterocycles. The summed E-state index contributed by atoms with van der Waals surface area (Å²) in [6.07, 6.45) is -6.71. The molecule has 1 heterocycles. The van der Waals surface area contributed by atoms with Crippen LogP contribution in [-0.2, 0) is 6.18 Å². The largest absolute Gasteiger partial charge is 0.443 e. The summed E-state index contributed by atoms with van der Waals surface area (Å²) in [7, 11) is 0. The third-order valence-corrected chi connectivity index (χ3v) is 4.94. The van der Waals surface area contributed by atoms with Gasteiger partial charge in [-0.05, 0) is 18.8 Å². The fourth-order valence-electron chi connectivity index (χ4n) is 2.78. The fourth-order valence-corrected chi connectivity index (χ4v) is 3.64. The van der Waals surface area contributed by atoms with Crippen LogP contribution in [0.1, 0.15) is 41.6 Å². The summed E-state index contributed by atoms with van der Waals surface area (Å²) >= 11 is 0.326. The number of aromatic nitrogens is 1. The van der Waals surface area contributed by atoms with Crippen LogP contribution in [0.15, 0.2) is 6.20 Å². The minimum atomic E-state index is -4.60. The zero-order valence-corrected chi connectivity index (χ0v) is 11.7. The molecule has 120 valence electrons. The lowest BCUT2D eigenvalue weighted by atomic mass is 9.75. The summed E-state index contributed by atoms with van der Waals surface area (Å²) < 4.78 is 76.5. The summed E-state index contributed by atoms with van der Waals surface area (Å²) in [5.41, 5.74) is 5.82. The molecule has 2 nitrogen and oxygen atoms in total. The molecular formula is C12H14F6N2S. The molecule has 0 bridgehead atoms. The van der Waals surface area contributed by atoms with Gasteiger partial charge < -0.3 is 5.73 Å². The summed E-state index contributed by atoms with van der Waals surface area (Å²) in [5, 5.41) is -1.08. The highest BCUT2D eigenvalue weighted by Crippen LogP contribution is 2.47. The molecule has 1 saturated carbocycles. The van der Waals surface area contributed by atoms with Gasteiger partial charge in [-0.15, -0.1) is 11.3 Å². The van der Waals surface area contributed by atoms with Crippen LogP contribution < -0.4 is 5.73 Å². The Hall–Kier alpha value is -0.830. The van der Waals surface area contributed by atoms with Crippen molar-refractivity contribution in [1.82, 2.24) is 4.98 Å². The molecule has 2 rings (SSSR count). The van der Waals surface area contributed by atoms with E-state index in [9.17, 15) is 26.3 Å². The van der Waals surface area contributed by atoms with Crippen molar-refractivity contribution < 1.29 is 26.3 Å². The molecule has 0 aliphatic heterocycles. The monoisotopic (exact) mass is 332 g/mol. The van der Waals surface area contributed by atoms with Gasteiger partial charge in [-0.2, -0.15) is 26.3 Å². The van der Waals surface area contributed by atoms with Gasteiger partial charge in [0, 0.05) is 17.1 Å². The van der Waals surface area contributed by atoms with Gasteiger partial charge in [0.1, 0.15) is 0 Å². The van der Waals surface area contributed by atoms with Crippen molar-refractivity contribution in [3.8, 4) is 0 Å². The molecule has 1 aliphatic carbocycles. The maximum atomic E-state index is 13.0. The zero-order chi connectivity index (χ0) is 15.8. The van der Waals surface area contributed by atoms with E-state index in [1.165, 1.54) is 0 Å². The van der Waals surface area contributed by atoms with E-state index in [2.05, 4.69) is 4.98 Å². The Balaban J connectivity index is 2.21. The van der Waals surface area contributed by atoms with Crippen molar-refractivity contribution in [2.24, 2.45) is 17.6 Å². The molecule has 1 aromatic heterocycles. The van der Waals surface area contributed by atoms with Crippen LogP contribution in [0.25, 0.3) is 0 Å². The van der Waals surface area contributed by atoms with Crippen molar-refractivity contribution >= 4 is 11.3 Å². The Kier molecular flexibility index (Phi) is 4.53. The summed E-state index contributed by atoms with van der Waals surface area (Å²) in [4.78, 5) is 3.28. The van der Waals surface area contributed by atoms with E-state index < -0.39 is 35.2 Å². The van der Waals surface area contributed by atoms with Crippen LogP contribution in [-0.4, -0.2) is 11.2 Å². The number of hydrogen-bond donors (Lipinski definition) is 1. The van der Waals surface area contributed by atoms with Crippen molar-refractivity contribution in [2.45, 2.75) is 44.1 Å². The molecule has 1 fully saturated rings. The second kappa shape index (κ2) is 5.75. The topological polar surface area (TPSA) is 38.9 Å². The summed E-state index contributed by atoms with van der Waals surface area (Å²) in [6.45, 7) is 0. The van der Waals surface area contributed by atoms with Gasteiger partial charge in [0.15, 0.2) is 5.01 Å². The molecular weight excluding hydrogens is 318 g/mol. The number of rotatable bonds is 2. The Morgan fingerprint density at radius 3 is 2.29 bits per heavy atom. The molecule has 0 amide bonds. The first-order chi connectivity index (χ1) is 9.60. The van der Waals surface area contributed by atoms with E-state index in [0.29, 0.717) is 24.2 Å². The van der Waals surface area contributed by atoms with E-state index in [1.54, 1.807) is 0 Å². The van der Waals surface area contributed by atoms with E-state index in [4.69, 9.17) is 5.73 Å². The second-order valence-electron chi connectivity index (χ2n) is 5.19. The third kappa shape index (κ3) is 3.68. The Bertz CT molecular complexity index is 481. The normalized spacial score (nSPS) is 25.9. The average Bonchev–Trinajstić information content (AvgIpc) is 2.86. The molecule has 21 heavy (non-hydrogen) atoms. The number of nitrogens with two attached hydrogens (primary N) is 1. The molecule has 0 aromatic carbocycles. The Morgan fingerprint density at radius 2 is 1.76 bits per heavy atom. The molecule has 2 N–H and O–H groups in total. The zero-order valence-electron chi connectivity index (χ0n) is 10.8. The fraction of sp³-hybridized carbons (Fsp3) is 0.750. The predicted octanol–water partition coefficient (Wildman–Crippen LogP) is 4.53. The highest BCUT2D eigenvalue weighted by Gasteiger charge is 2.48. The van der Waals surface area contributed by atoms with Gasteiger partial charge >= 0.3 is 12.4 Å². The smallest absolute Gasteiger partial charge is 0.323 e. The lowest BCUT2D eigenvalue weighted by molar-refractivity contribution is -0.198. The van der Waals surface area contributed by atoms with Crippen molar-refractivity contribution in [2.75, 3.05) is 0 Å². The lowest BCUT2D eigenvalue weighted by Gasteiger charge is -2.36. The number of nitrogens with zero attached hydrogens (tertiary/aromatic N) is 1. The molecule has 3 unspecified atom stereocenters. The molecule has 9 heteroatoms. The van der Waals surface area contributed by atoms with Crippen molar-refractivity contribution in [3.63, 3.8) is 0 Å². The predicted molar refractivity (Wildman–Crippen MR) is 65.5 cm³/mol. The summed E-state index contributed by atoms with van der Waals surface area (Å²) in [5.74, 6) is -2.45. The summed E-state index contributed by atoms with van der Waals surface area (Å²) in [6, 6.07) is -1.06. The van der Waals surface area contributed by atoms with Crippen LogP contribution in [0, 0.1) is 11.8 Å². The van der Waals surface area contributed by atoms with Gasteiger partial charge in [-0.25, -0.2) is 4.98 Å². The van der Waals surface area contributed by atoms with Crippen LogP contribution in [0.5, 0.6) is 0 Å². The standard InChI is InChI=1S/C12H14F6N2S/c13-11(14,15)7-4-2-1-3-6(7)9(19)8-5-20-10(21-8)12(16,17)18/h5-7,9H,1-4,19H2. The van der Waals surface area contributed by atoms with Crippen LogP contribution in [0.2, 0.25) is 0 Å². The van der Waals surface area contributed by atoms with E-state index in [-0.39, 0.29) is 17.7 Å². The highest BCUT2D eigenvalue weighted by atomic mass is 32.1. The first-order valence-electron chi connectivity index (χ1n) is 6.46. The molecule has 0 radical (unpaired) electrons. The second-order valence-corrected chi connectivity index (χ2v) is 6.25. The van der Waals surface area contributed by atoms with Gasteiger partial charge in [-0.1, -0.05) is 12.8 Å². The number of thiazole rings is 1. The molecule has 3 atom stereocenters. The quantitative estimate of drug-likeness (QED) is 0.808. The van der Waals surface area contributed by atoms with Crippen molar-refractivity contribution in [3.05, 3.63) is 16.1 Å². The van der Waals surface area contributed by atoms with Crippen LogP contribution in [0.3, 0.4) is 0 Å². The minimum absolute atomic E-state index is 0.0210. The third-order valence-electron chi connectivity index (χ3n) is 3.80. The number of alkyl halides is 6. The minimum Gasteiger partial charge on any atom is -0.323 e. The lowest BCUT2D eigenvalue weighted by Crippen LogP contribution is -2.38. The SMILES string of the molecule is NC(c1cnc(C(F)(F)F)s1)C1CCCCC1C(F)(F)F. The maximum Gasteiger partial charge on any atom is 0.443 e. The van der Waals surface area contributed by atoms with Gasteiger partial charge in [0.05, 0.1) is 5.92 Å².